The van der Waals surface area contributed by atoms with Crippen LogP contribution in [-0.4, -0.2) is 32.6 Å². The molecule has 4 rings (SSSR count). The van der Waals surface area contributed by atoms with E-state index in [1.807, 2.05) is 38.1 Å². The first kappa shape index (κ1) is 29.8. The zero-order valence-electron chi connectivity index (χ0n) is 23.3. The fourth-order valence-corrected chi connectivity index (χ4v) is 5.40. The van der Waals surface area contributed by atoms with Crippen LogP contribution in [0, 0.1) is 13.8 Å². The number of hydrogen-bond acceptors (Lipinski definition) is 4. The third-order valence-corrected chi connectivity index (χ3v) is 7.28. The van der Waals surface area contributed by atoms with Gasteiger partial charge in [-0.3, -0.25) is 4.79 Å². The number of aryl methyl sites for hydroxylation is 2. The first-order chi connectivity index (χ1) is 19.0. The number of carbonyl (C=O) groups excluding carboxylic acids is 1. The Morgan fingerprint density at radius 1 is 0.950 bits per heavy atom. The number of nitrogens with one attached hydrogen (secondary N) is 2. The van der Waals surface area contributed by atoms with Gasteiger partial charge in [0.2, 0.25) is 5.91 Å². The van der Waals surface area contributed by atoms with Gasteiger partial charge in [-0.15, -0.1) is 0 Å². The lowest BCUT2D eigenvalue weighted by Gasteiger charge is -2.28. The number of benzene rings is 2. The molecule has 0 saturated heterocycles. The molecule has 0 fully saturated rings. The van der Waals surface area contributed by atoms with E-state index in [9.17, 15) is 9.90 Å². The molecule has 40 heavy (non-hydrogen) atoms. The molecule has 0 aliphatic heterocycles. The summed E-state index contributed by atoms with van der Waals surface area (Å²) >= 11 is 12.1. The predicted molar refractivity (Wildman–Crippen MR) is 162 cm³/mol. The summed E-state index contributed by atoms with van der Waals surface area (Å²) in [6, 6.07) is 21.3. The standard InChI is InChI=1S/C32H36Cl2N4O2/c1-21-8-9-22(2)38(21)30-11-10-26(19-35-30)29(39)20-37-32(3,4)17-24-7-5-6-23(12-24)15-31(40)36-18-25-13-27(33)16-28(34)14-25/h5-14,16,19,29,37,39H,15,17-18,20H2,1-4H3,(H,36,40)/t29-/m1/s1. The van der Waals surface area contributed by atoms with Gasteiger partial charge in [-0.1, -0.05) is 53.5 Å². The second-order valence-electron chi connectivity index (χ2n) is 10.9. The molecule has 8 heteroatoms. The first-order valence-electron chi connectivity index (χ1n) is 13.3. The summed E-state index contributed by atoms with van der Waals surface area (Å²) < 4.78 is 2.09. The van der Waals surface area contributed by atoms with Crippen LogP contribution in [0.15, 0.2) is 72.9 Å². The van der Waals surface area contributed by atoms with Gasteiger partial charge >= 0.3 is 0 Å². The Labute approximate surface area is 246 Å². The van der Waals surface area contributed by atoms with Crippen molar-refractivity contribution in [1.29, 1.82) is 0 Å². The fourth-order valence-electron chi connectivity index (χ4n) is 4.83. The SMILES string of the molecule is Cc1ccc(C)n1-c1ccc([C@H](O)CNC(C)(C)Cc2cccc(CC(=O)NCc3cc(Cl)cc(Cl)c3)c2)cn1. The molecule has 2 aromatic heterocycles. The smallest absolute Gasteiger partial charge is 0.224 e. The summed E-state index contributed by atoms with van der Waals surface area (Å²) in [6.07, 6.45) is 2.07. The minimum atomic E-state index is -0.683. The van der Waals surface area contributed by atoms with Gasteiger partial charge in [0.25, 0.3) is 0 Å². The lowest BCUT2D eigenvalue weighted by atomic mass is 9.93. The summed E-state index contributed by atoms with van der Waals surface area (Å²) in [7, 11) is 0. The summed E-state index contributed by atoms with van der Waals surface area (Å²) in [6.45, 7) is 9.07. The number of aliphatic hydroxyl groups is 1. The summed E-state index contributed by atoms with van der Waals surface area (Å²) in [5.74, 6) is 0.766. The number of pyridine rings is 1. The van der Waals surface area contributed by atoms with Crippen molar-refractivity contribution in [3.63, 3.8) is 0 Å². The number of hydrogen-bond donors (Lipinski definition) is 3. The molecule has 0 saturated carbocycles. The maximum atomic E-state index is 12.6. The van der Waals surface area contributed by atoms with Gasteiger partial charge in [-0.2, -0.15) is 0 Å². The molecule has 6 nitrogen and oxygen atoms in total. The first-order valence-corrected chi connectivity index (χ1v) is 14.1. The number of aliphatic hydroxyl groups excluding tert-OH is 1. The van der Waals surface area contributed by atoms with Gasteiger partial charge in [-0.25, -0.2) is 4.98 Å². The van der Waals surface area contributed by atoms with E-state index in [0.29, 0.717) is 23.1 Å². The highest BCUT2D eigenvalue weighted by molar-refractivity contribution is 6.34. The lowest BCUT2D eigenvalue weighted by molar-refractivity contribution is -0.120. The zero-order chi connectivity index (χ0) is 28.9. The van der Waals surface area contributed by atoms with Crippen molar-refractivity contribution in [1.82, 2.24) is 20.2 Å². The van der Waals surface area contributed by atoms with E-state index in [-0.39, 0.29) is 17.9 Å². The second-order valence-corrected chi connectivity index (χ2v) is 11.8. The highest BCUT2D eigenvalue weighted by atomic mass is 35.5. The number of carbonyl (C=O) groups is 1. The summed E-state index contributed by atoms with van der Waals surface area (Å²) in [5, 5.41) is 18.3. The van der Waals surface area contributed by atoms with Gasteiger partial charge in [0.1, 0.15) is 5.82 Å². The van der Waals surface area contributed by atoms with Crippen LogP contribution in [0.2, 0.25) is 10.0 Å². The van der Waals surface area contributed by atoms with E-state index in [4.69, 9.17) is 23.2 Å². The van der Waals surface area contributed by atoms with Gasteiger partial charge in [0.05, 0.1) is 12.5 Å². The van der Waals surface area contributed by atoms with Gasteiger partial charge < -0.3 is 20.3 Å². The molecule has 210 valence electrons. The minimum Gasteiger partial charge on any atom is -0.387 e. The van der Waals surface area contributed by atoms with Crippen LogP contribution in [0.4, 0.5) is 0 Å². The molecule has 1 atom stereocenters. The van der Waals surface area contributed by atoms with Crippen molar-refractivity contribution in [2.45, 2.75) is 58.7 Å². The Kier molecular flexibility index (Phi) is 9.69. The van der Waals surface area contributed by atoms with Crippen LogP contribution in [-0.2, 0) is 24.2 Å². The monoisotopic (exact) mass is 578 g/mol. The number of β-amino-alcohol motifs (C(OH)–C–C–N with tert-alkyl or cyclic N) is 1. The largest absolute Gasteiger partial charge is 0.387 e. The molecule has 0 unspecified atom stereocenters. The molecule has 0 aliphatic carbocycles. The molecule has 1 amide bonds. The summed E-state index contributed by atoms with van der Waals surface area (Å²) in [5.41, 5.74) is 5.63. The van der Waals surface area contributed by atoms with Gasteiger partial charge in [-0.05, 0) is 87.2 Å². The minimum absolute atomic E-state index is 0.0736. The molecular weight excluding hydrogens is 543 g/mol. The zero-order valence-corrected chi connectivity index (χ0v) is 24.9. The van der Waals surface area contributed by atoms with Crippen molar-refractivity contribution in [3.8, 4) is 5.82 Å². The maximum Gasteiger partial charge on any atom is 0.224 e. The average Bonchev–Trinajstić information content (AvgIpc) is 3.23. The van der Waals surface area contributed by atoms with Crippen molar-refractivity contribution in [2.24, 2.45) is 0 Å². The molecule has 0 spiro atoms. The molecule has 2 heterocycles. The number of aromatic nitrogens is 2. The normalized spacial score (nSPS) is 12.4. The van der Waals surface area contributed by atoms with Gasteiger partial charge in [0.15, 0.2) is 0 Å². The van der Waals surface area contributed by atoms with Crippen molar-refractivity contribution in [2.75, 3.05) is 6.54 Å². The molecular formula is C32H36Cl2N4O2. The van der Waals surface area contributed by atoms with E-state index in [2.05, 4.69) is 58.3 Å². The van der Waals surface area contributed by atoms with Crippen molar-refractivity contribution >= 4 is 29.1 Å². The van der Waals surface area contributed by atoms with Crippen LogP contribution >= 0.6 is 23.2 Å². The number of rotatable bonds is 11. The van der Waals surface area contributed by atoms with Crippen LogP contribution < -0.4 is 10.6 Å². The Hall–Kier alpha value is -3.16. The number of nitrogens with zero attached hydrogens (tertiary/aromatic N) is 2. The topological polar surface area (TPSA) is 79.2 Å². The highest BCUT2D eigenvalue weighted by Gasteiger charge is 2.20. The third kappa shape index (κ3) is 8.18. The van der Waals surface area contributed by atoms with Crippen LogP contribution in [0.3, 0.4) is 0 Å². The molecule has 0 radical (unpaired) electrons. The molecule has 0 aliphatic rings. The van der Waals surface area contributed by atoms with Crippen molar-refractivity contribution in [3.05, 3.63) is 117 Å². The van der Waals surface area contributed by atoms with E-state index in [0.717, 1.165) is 45.9 Å². The van der Waals surface area contributed by atoms with E-state index < -0.39 is 6.10 Å². The quantitative estimate of drug-likeness (QED) is 0.195. The average molecular weight is 580 g/mol. The predicted octanol–water partition coefficient (Wildman–Crippen LogP) is 6.30. The molecule has 2 aromatic carbocycles. The van der Waals surface area contributed by atoms with Crippen molar-refractivity contribution < 1.29 is 9.90 Å². The van der Waals surface area contributed by atoms with Crippen LogP contribution in [0.25, 0.3) is 5.82 Å². The summed E-state index contributed by atoms with van der Waals surface area (Å²) in [4.78, 5) is 17.1. The fraction of sp³-hybridized carbons (Fsp3) is 0.312. The highest BCUT2D eigenvalue weighted by Crippen LogP contribution is 2.21. The Bertz CT molecular complexity index is 1420. The number of halogens is 2. The maximum absolute atomic E-state index is 12.6. The Morgan fingerprint density at radius 2 is 1.62 bits per heavy atom. The molecule has 4 aromatic rings. The van der Waals surface area contributed by atoms with Crippen LogP contribution in [0.1, 0.15) is 53.6 Å². The van der Waals surface area contributed by atoms with E-state index in [1.165, 1.54) is 0 Å². The lowest BCUT2D eigenvalue weighted by Crippen LogP contribution is -2.43. The molecule has 3 N–H and O–H groups in total. The second kappa shape index (κ2) is 13.0. The number of amides is 1. The van der Waals surface area contributed by atoms with Gasteiger partial charge in [0, 0.05) is 51.8 Å². The Balaban J connectivity index is 1.29. The third-order valence-electron chi connectivity index (χ3n) is 6.84. The van der Waals surface area contributed by atoms with E-state index in [1.54, 1.807) is 24.4 Å². The molecule has 0 bridgehead atoms. The van der Waals surface area contributed by atoms with Crippen LogP contribution in [0.5, 0.6) is 0 Å². The van der Waals surface area contributed by atoms with E-state index >= 15 is 0 Å². The Morgan fingerprint density at radius 3 is 2.27 bits per heavy atom.